The van der Waals surface area contributed by atoms with Crippen molar-refractivity contribution in [3.05, 3.63) is 66.0 Å². The van der Waals surface area contributed by atoms with Crippen LogP contribution in [0.4, 0.5) is 0 Å². The number of rotatable bonds is 7. The first kappa shape index (κ1) is 16.2. The third-order valence-electron chi connectivity index (χ3n) is 3.68. The van der Waals surface area contributed by atoms with Crippen LogP contribution in [0.2, 0.25) is 0 Å². The van der Waals surface area contributed by atoms with E-state index in [1.54, 1.807) is 6.20 Å². The van der Waals surface area contributed by atoms with Crippen LogP contribution < -0.4 is 0 Å². The second-order valence-corrected chi connectivity index (χ2v) is 5.79. The molecule has 0 radical (unpaired) electrons. The molecule has 1 heterocycles. The van der Waals surface area contributed by atoms with Gasteiger partial charge in [-0.05, 0) is 24.1 Å². The fourth-order valence-corrected chi connectivity index (χ4v) is 2.40. The number of aromatic nitrogens is 1. The van der Waals surface area contributed by atoms with Crippen molar-refractivity contribution in [1.29, 1.82) is 0 Å². The van der Waals surface area contributed by atoms with Crippen LogP contribution in [0.5, 0.6) is 0 Å². The maximum atomic E-state index is 12.4. The molecule has 22 heavy (non-hydrogen) atoms. The maximum absolute atomic E-state index is 12.4. The van der Waals surface area contributed by atoms with E-state index in [4.69, 9.17) is 0 Å². The second kappa shape index (κ2) is 8.32. The number of hydrogen-bond donors (Lipinski definition) is 0. The Labute approximate surface area is 133 Å². The van der Waals surface area contributed by atoms with E-state index in [1.165, 1.54) is 5.56 Å². The average Bonchev–Trinajstić information content (AvgIpc) is 2.56. The van der Waals surface area contributed by atoms with Crippen molar-refractivity contribution in [2.45, 2.75) is 26.7 Å². The summed E-state index contributed by atoms with van der Waals surface area (Å²) in [5.74, 6) is 0.242. The van der Waals surface area contributed by atoms with E-state index in [2.05, 4.69) is 17.1 Å². The summed E-state index contributed by atoms with van der Waals surface area (Å²) in [5, 5.41) is 0. The summed E-state index contributed by atoms with van der Waals surface area (Å²) in [4.78, 5) is 18.7. The molecule has 0 fully saturated rings. The molecule has 0 aliphatic carbocycles. The Kier molecular flexibility index (Phi) is 6.13. The molecular formula is C19H24N2O. The average molecular weight is 296 g/mol. The zero-order valence-corrected chi connectivity index (χ0v) is 13.4. The zero-order chi connectivity index (χ0) is 15.8. The largest absolute Gasteiger partial charge is 0.342 e. The molecule has 1 aromatic carbocycles. The van der Waals surface area contributed by atoms with Crippen molar-refractivity contribution in [1.82, 2.24) is 9.88 Å². The summed E-state index contributed by atoms with van der Waals surface area (Å²) in [7, 11) is 0. The lowest BCUT2D eigenvalue weighted by Gasteiger charge is -2.24. The summed E-state index contributed by atoms with van der Waals surface area (Å²) < 4.78 is 0. The minimum atomic E-state index is 0.0273. The molecule has 0 spiro atoms. The lowest BCUT2D eigenvalue weighted by molar-refractivity contribution is -0.134. The van der Waals surface area contributed by atoms with Crippen molar-refractivity contribution >= 4 is 5.91 Å². The van der Waals surface area contributed by atoms with Gasteiger partial charge in [-0.15, -0.1) is 0 Å². The molecule has 1 aromatic heterocycles. The third-order valence-corrected chi connectivity index (χ3v) is 3.68. The fourth-order valence-electron chi connectivity index (χ4n) is 2.40. The molecule has 2 rings (SSSR count). The molecule has 0 aliphatic rings. The SMILES string of the molecule is CC(C)C(=O)N(CCc1ccccc1)CCc1ccccn1. The van der Waals surface area contributed by atoms with E-state index in [1.807, 2.05) is 55.1 Å². The molecule has 3 nitrogen and oxygen atoms in total. The van der Waals surface area contributed by atoms with Crippen molar-refractivity contribution in [2.24, 2.45) is 5.92 Å². The maximum Gasteiger partial charge on any atom is 0.225 e. The van der Waals surface area contributed by atoms with Gasteiger partial charge in [0.2, 0.25) is 5.91 Å². The van der Waals surface area contributed by atoms with Gasteiger partial charge in [0.05, 0.1) is 0 Å². The number of pyridine rings is 1. The van der Waals surface area contributed by atoms with Gasteiger partial charge in [0, 0.05) is 37.3 Å². The molecule has 3 heteroatoms. The summed E-state index contributed by atoms with van der Waals surface area (Å²) in [6.45, 7) is 5.39. The van der Waals surface area contributed by atoms with Crippen LogP contribution in [0.1, 0.15) is 25.1 Å². The summed E-state index contributed by atoms with van der Waals surface area (Å²) in [6, 6.07) is 16.2. The highest BCUT2D eigenvalue weighted by Crippen LogP contribution is 2.07. The molecule has 2 aromatic rings. The molecule has 0 saturated carbocycles. The van der Waals surface area contributed by atoms with Gasteiger partial charge in [-0.1, -0.05) is 50.2 Å². The molecule has 0 aliphatic heterocycles. The quantitative estimate of drug-likeness (QED) is 0.785. The van der Waals surface area contributed by atoms with Crippen molar-refractivity contribution < 1.29 is 4.79 Å². The Hall–Kier alpha value is -2.16. The van der Waals surface area contributed by atoms with Crippen LogP contribution in [0.15, 0.2) is 54.7 Å². The molecule has 0 atom stereocenters. The van der Waals surface area contributed by atoms with E-state index < -0.39 is 0 Å². The first-order valence-electron chi connectivity index (χ1n) is 7.89. The minimum absolute atomic E-state index is 0.0273. The predicted molar refractivity (Wildman–Crippen MR) is 89.5 cm³/mol. The van der Waals surface area contributed by atoms with E-state index in [0.717, 1.165) is 31.6 Å². The predicted octanol–water partition coefficient (Wildman–Crippen LogP) is 3.35. The molecule has 116 valence electrons. The van der Waals surface area contributed by atoms with Gasteiger partial charge in [-0.3, -0.25) is 9.78 Å². The normalized spacial score (nSPS) is 10.7. The van der Waals surface area contributed by atoms with E-state index in [0.29, 0.717) is 0 Å². The Morgan fingerprint density at radius 2 is 1.68 bits per heavy atom. The van der Waals surface area contributed by atoms with Crippen molar-refractivity contribution in [2.75, 3.05) is 13.1 Å². The van der Waals surface area contributed by atoms with Gasteiger partial charge in [-0.2, -0.15) is 0 Å². The monoisotopic (exact) mass is 296 g/mol. The molecular weight excluding hydrogens is 272 g/mol. The highest BCUT2D eigenvalue weighted by Gasteiger charge is 2.16. The highest BCUT2D eigenvalue weighted by atomic mass is 16.2. The summed E-state index contributed by atoms with van der Waals surface area (Å²) in [5.41, 5.74) is 2.30. The lowest BCUT2D eigenvalue weighted by Crippen LogP contribution is -2.37. The lowest BCUT2D eigenvalue weighted by atomic mass is 10.1. The zero-order valence-electron chi connectivity index (χ0n) is 13.4. The number of carbonyl (C=O) groups excluding carboxylic acids is 1. The highest BCUT2D eigenvalue weighted by molar-refractivity contribution is 5.78. The van der Waals surface area contributed by atoms with Gasteiger partial charge < -0.3 is 4.90 Å². The first-order chi connectivity index (χ1) is 10.7. The van der Waals surface area contributed by atoms with Crippen LogP contribution >= 0.6 is 0 Å². The Morgan fingerprint density at radius 1 is 1.00 bits per heavy atom. The number of hydrogen-bond acceptors (Lipinski definition) is 2. The molecule has 0 unspecified atom stereocenters. The summed E-state index contributed by atoms with van der Waals surface area (Å²) in [6.07, 6.45) is 3.49. The van der Waals surface area contributed by atoms with E-state index in [-0.39, 0.29) is 11.8 Å². The third kappa shape index (κ3) is 4.99. The Morgan fingerprint density at radius 3 is 2.32 bits per heavy atom. The Bertz CT molecular complexity index is 523. The molecule has 0 bridgehead atoms. The van der Waals surface area contributed by atoms with Crippen molar-refractivity contribution in [3.8, 4) is 0 Å². The molecule has 0 saturated heterocycles. The van der Waals surface area contributed by atoms with E-state index >= 15 is 0 Å². The first-order valence-corrected chi connectivity index (χ1v) is 7.89. The van der Waals surface area contributed by atoms with Gasteiger partial charge >= 0.3 is 0 Å². The van der Waals surface area contributed by atoms with Crippen LogP contribution in [0, 0.1) is 5.92 Å². The second-order valence-electron chi connectivity index (χ2n) is 5.79. The standard InChI is InChI=1S/C19H24N2O/c1-16(2)19(22)21(14-11-17-8-4-3-5-9-17)15-12-18-10-6-7-13-20-18/h3-10,13,16H,11-12,14-15H2,1-2H3. The fraction of sp³-hybridized carbons (Fsp3) is 0.368. The van der Waals surface area contributed by atoms with Crippen molar-refractivity contribution in [3.63, 3.8) is 0 Å². The Balaban J connectivity index is 1.95. The number of nitrogens with zero attached hydrogens (tertiary/aromatic N) is 2. The number of amides is 1. The van der Waals surface area contributed by atoms with Gasteiger partial charge in [0.1, 0.15) is 0 Å². The smallest absolute Gasteiger partial charge is 0.225 e. The molecule has 0 N–H and O–H groups in total. The molecule has 1 amide bonds. The summed E-state index contributed by atoms with van der Waals surface area (Å²) >= 11 is 0. The van der Waals surface area contributed by atoms with E-state index in [9.17, 15) is 4.79 Å². The van der Waals surface area contributed by atoms with Gasteiger partial charge in [-0.25, -0.2) is 0 Å². The topological polar surface area (TPSA) is 33.2 Å². The van der Waals surface area contributed by atoms with Gasteiger partial charge in [0.15, 0.2) is 0 Å². The van der Waals surface area contributed by atoms with Crippen LogP contribution in [0.3, 0.4) is 0 Å². The minimum Gasteiger partial charge on any atom is -0.342 e. The van der Waals surface area contributed by atoms with Crippen LogP contribution in [-0.4, -0.2) is 28.9 Å². The van der Waals surface area contributed by atoms with Gasteiger partial charge in [0.25, 0.3) is 0 Å². The van der Waals surface area contributed by atoms with Crippen LogP contribution in [-0.2, 0) is 17.6 Å². The number of benzene rings is 1. The van der Waals surface area contributed by atoms with Crippen LogP contribution in [0.25, 0.3) is 0 Å². The number of carbonyl (C=O) groups is 1.